The van der Waals surface area contributed by atoms with E-state index in [1.54, 1.807) is 0 Å². The highest BCUT2D eigenvalue weighted by molar-refractivity contribution is 6.36. The molecule has 0 aromatic rings. The Morgan fingerprint density at radius 1 is 1.36 bits per heavy atom. The molecule has 2 N–H and O–H groups in total. The zero-order chi connectivity index (χ0) is 10.8. The Hall–Kier alpha value is -0.393. The monoisotopic (exact) mass is 219 g/mol. The van der Waals surface area contributed by atoms with Crippen LogP contribution >= 0.6 is 0 Å². The normalized spacial score (nSPS) is 11.6. The van der Waals surface area contributed by atoms with Crippen molar-refractivity contribution >= 4 is 15.4 Å². The minimum absolute atomic E-state index is 0.0119. The summed E-state index contributed by atoms with van der Waals surface area (Å²) in [6.45, 7) is 5.30. The van der Waals surface area contributed by atoms with E-state index in [1.807, 2.05) is 13.8 Å². The van der Waals surface area contributed by atoms with Gasteiger partial charge < -0.3 is 15.2 Å². The van der Waals surface area contributed by atoms with Crippen LogP contribution in [0.25, 0.3) is 0 Å². The fraction of sp³-hybridized carbons (Fsp3) is 0.889. The van der Waals surface area contributed by atoms with E-state index in [1.165, 1.54) is 0 Å². The maximum absolute atomic E-state index is 10.5. The third-order valence-electron chi connectivity index (χ3n) is 1.82. The molecule has 0 saturated heterocycles. The van der Waals surface area contributed by atoms with E-state index >= 15 is 0 Å². The summed E-state index contributed by atoms with van der Waals surface area (Å²) in [5.41, 5.74) is 5.04. The van der Waals surface area contributed by atoms with Crippen molar-refractivity contribution < 1.29 is 14.3 Å². The smallest absolute Gasteiger partial charge is 0.217 e. The van der Waals surface area contributed by atoms with Crippen molar-refractivity contribution in [3.63, 3.8) is 0 Å². The van der Waals surface area contributed by atoms with Crippen LogP contribution in [0.4, 0.5) is 0 Å². The number of ether oxygens (including phenoxy) is 2. The van der Waals surface area contributed by atoms with Gasteiger partial charge in [0.2, 0.25) is 5.91 Å². The third kappa shape index (κ3) is 8.22. The number of carbonyl (C=O) groups excluding carboxylic acids is 1. The van der Waals surface area contributed by atoms with Crippen molar-refractivity contribution in [1.29, 1.82) is 0 Å². The van der Waals surface area contributed by atoms with Crippen LogP contribution < -0.4 is 5.73 Å². The van der Waals surface area contributed by atoms with Crippen LogP contribution in [0.2, 0.25) is 6.04 Å². The summed E-state index contributed by atoms with van der Waals surface area (Å²) in [6, 6.07) is 1.05. The Kier molecular flexibility index (Phi) is 8.92. The van der Waals surface area contributed by atoms with Crippen molar-refractivity contribution in [2.45, 2.75) is 38.6 Å². The molecule has 5 heteroatoms. The first kappa shape index (κ1) is 13.6. The van der Waals surface area contributed by atoms with E-state index in [9.17, 15) is 4.79 Å². The molecule has 0 heterocycles. The number of rotatable bonds is 9. The van der Waals surface area contributed by atoms with Gasteiger partial charge in [-0.1, -0.05) is 6.04 Å². The molecule has 1 amide bonds. The fourth-order valence-corrected chi connectivity index (χ4v) is 2.87. The van der Waals surface area contributed by atoms with Gasteiger partial charge >= 0.3 is 0 Å². The highest BCUT2D eigenvalue weighted by atomic mass is 28.2. The number of primary amides is 1. The molecule has 0 aliphatic heterocycles. The van der Waals surface area contributed by atoms with Gasteiger partial charge in [0.15, 0.2) is 0 Å². The molecule has 0 aliphatic rings. The average Bonchev–Trinajstić information content (AvgIpc) is 2.12. The molecule has 0 aliphatic carbocycles. The van der Waals surface area contributed by atoms with Gasteiger partial charge in [-0.05, 0) is 20.3 Å². The average molecular weight is 219 g/mol. The molecule has 14 heavy (non-hydrogen) atoms. The Morgan fingerprint density at radius 3 is 2.36 bits per heavy atom. The number of hydrogen-bond donors (Lipinski definition) is 1. The van der Waals surface area contributed by atoms with Crippen LogP contribution in [0, 0.1) is 0 Å². The Labute approximate surface area is 88.0 Å². The van der Waals surface area contributed by atoms with E-state index < -0.39 is 9.52 Å². The Bertz CT molecular complexity index is 149. The lowest BCUT2D eigenvalue weighted by molar-refractivity contribution is -0.118. The molecule has 0 bridgehead atoms. The Balaban J connectivity index is 3.44. The van der Waals surface area contributed by atoms with Crippen LogP contribution in [0.1, 0.15) is 26.7 Å². The number of carbonyl (C=O) groups is 1. The van der Waals surface area contributed by atoms with Gasteiger partial charge in [0.05, 0.1) is 9.52 Å². The van der Waals surface area contributed by atoms with Gasteiger partial charge in [0, 0.05) is 19.6 Å². The van der Waals surface area contributed by atoms with Crippen LogP contribution in [0.3, 0.4) is 0 Å². The summed E-state index contributed by atoms with van der Waals surface area (Å²) in [5.74, 6) is -0.207. The first-order valence-electron chi connectivity index (χ1n) is 5.22. The molecular formula is C9H21NO3Si. The summed E-state index contributed by atoms with van der Waals surface area (Å²) in [4.78, 5) is 10.5. The minimum Gasteiger partial charge on any atom is -0.370 e. The van der Waals surface area contributed by atoms with Crippen molar-refractivity contribution in [2.75, 3.05) is 13.2 Å². The predicted molar refractivity (Wildman–Crippen MR) is 58.8 cm³/mol. The number of nitrogens with two attached hydrogens (primary N) is 1. The lowest BCUT2D eigenvalue weighted by atomic mass is 10.3. The third-order valence-corrected chi connectivity index (χ3v) is 3.67. The second kappa shape index (κ2) is 9.17. The first-order chi connectivity index (χ1) is 6.70. The maximum Gasteiger partial charge on any atom is 0.217 e. The van der Waals surface area contributed by atoms with E-state index in [0.29, 0.717) is 19.6 Å². The van der Waals surface area contributed by atoms with Crippen LogP contribution in [-0.2, 0) is 14.3 Å². The zero-order valence-corrected chi connectivity index (χ0v) is 10.5. The highest BCUT2D eigenvalue weighted by Gasteiger charge is 2.07. The highest BCUT2D eigenvalue weighted by Crippen LogP contribution is 2.01. The SMILES string of the molecule is CCOC(OCC)[SiH2]CCCC(N)=O. The minimum atomic E-state index is -0.392. The van der Waals surface area contributed by atoms with E-state index in [-0.39, 0.29) is 11.8 Å². The number of amides is 1. The summed E-state index contributed by atoms with van der Waals surface area (Å²) < 4.78 is 10.8. The molecule has 4 nitrogen and oxygen atoms in total. The summed E-state index contributed by atoms with van der Waals surface area (Å²) in [5, 5.41) is 0. The quantitative estimate of drug-likeness (QED) is 0.342. The predicted octanol–water partition coefficient (Wildman–Crippen LogP) is 0.196. The van der Waals surface area contributed by atoms with Gasteiger partial charge in [-0.15, -0.1) is 0 Å². The molecule has 0 unspecified atom stereocenters. The molecule has 0 saturated carbocycles. The first-order valence-corrected chi connectivity index (χ1v) is 7.03. The van der Waals surface area contributed by atoms with Gasteiger partial charge in [-0.3, -0.25) is 4.79 Å². The van der Waals surface area contributed by atoms with E-state index in [2.05, 4.69) is 0 Å². The molecule has 0 atom stereocenters. The summed E-state index contributed by atoms with van der Waals surface area (Å²) >= 11 is 0. The van der Waals surface area contributed by atoms with Crippen LogP contribution in [0.5, 0.6) is 0 Å². The topological polar surface area (TPSA) is 61.6 Å². The van der Waals surface area contributed by atoms with Crippen molar-refractivity contribution in [1.82, 2.24) is 0 Å². The summed E-state index contributed by atoms with van der Waals surface area (Å²) in [7, 11) is -0.392. The largest absolute Gasteiger partial charge is 0.370 e. The number of hydrogen-bond acceptors (Lipinski definition) is 3. The van der Waals surface area contributed by atoms with Gasteiger partial charge in [-0.2, -0.15) is 0 Å². The standard InChI is InChI=1S/C9H21NO3Si/c1-3-12-9(13-4-2)14-7-5-6-8(10)11/h9H,3-7,14H2,1-2H3,(H2,10,11). The lowest BCUT2D eigenvalue weighted by Gasteiger charge is -2.15. The molecule has 0 aromatic heterocycles. The van der Waals surface area contributed by atoms with Gasteiger partial charge in [-0.25, -0.2) is 0 Å². The molecule has 0 rings (SSSR count). The molecule has 0 fully saturated rings. The van der Waals surface area contributed by atoms with Gasteiger partial charge in [0.25, 0.3) is 0 Å². The van der Waals surface area contributed by atoms with Crippen molar-refractivity contribution in [3.05, 3.63) is 0 Å². The van der Waals surface area contributed by atoms with Crippen molar-refractivity contribution in [3.8, 4) is 0 Å². The second-order valence-electron chi connectivity index (χ2n) is 3.05. The zero-order valence-electron chi connectivity index (χ0n) is 9.12. The van der Waals surface area contributed by atoms with Crippen LogP contribution in [-0.4, -0.2) is 34.6 Å². The molecule has 84 valence electrons. The molecule has 0 radical (unpaired) electrons. The van der Waals surface area contributed by atoms with Crippen molar-refractivity contribution in [2.24, 2.45) is 5.73 Å². The van der Waals surface area contributed by atoms with E-state index in [0.717, 1.165) is 12.5 Å². The fourth-order valence-electron chi connectivity index (χ4n) is 1.20. The summed E-state index contributed by atoms with van der Waals surface area (Å²) in [6.07, 6.45) is 1.36. The molecule has 0 aromatic carbocycles. The molecule has 0 spiro atoms. The Morgan fingerprint density at radius 2 is 1.93 bits per heavy atom. The van der Waals surface area contributed by atoms with E-state index in [4.69, 9.17) is 15.2 Å². The van der Waals surface area contributed by atoms with Crippen LogP contribution in [0.15, 0.2) is 0 Å². The second-order valence-corrected chi connectivity index (χ2v) is 5.00. The molecular weight excluding hydrogens is 198 g/mol. The lowest BCUT2D eigenvalue weighted by Crippen LogP contribution is -2.24. The van der Waals surface area contributed by atoms with Gasteiger partial charge in [0.1, 0.15) is 5.91 Å². The maximum atomic E-state index is 10.5.